The third-order valence-electron chi connectivity index (χ3n) is 7.00. The summed E-state index contributed by atoms with van der Waals surface area (Å²) in [6.07, 6.45) is 4.86. The molecule has 15 heteroatoms. The van der Waals surface area contributed by atoms with Gasteiger partial charge in [-0.3, -0.25) is 9.78 Å². The quantitative estimate of drug-likeness (QED) is 0.168. The molecule has 1 saturated heterocycles. The van der Waals surface area contributed by atoms with Crippen LogP contribution in [0, 0.1) is 29.5 Å². The summed E-state index contributed by atoms with van der Waals surface area (Å²) in [6, 6.07) is 2.82. The molecule has 0 saturated carbocycles. The number of nitriles is 1. The number of methoxy groups -OCH3 is 1. The molecule has 1 amide bonds. The van der Waals surface area contributed by atoms with Crippen molar-refractivity contribution in [3.63, 3.8) is 0 Å². The molecule has 1 unspecified atom stereocenters. The van der Waals surface area contributed by atoms with E-state index < -0.39 is 23.6 Å². The monoisotopic (exact) mass is 623 g/mol. The molecule has 11 nitrogen and oxygen atoms in total. The van der Waals surface area contributed by atoms with Gasteiger partial charge in [-0.15, -0.1) is 11.3 Å². The van der Waals surface area contributed by atoms with Gasteiger partial charge in [0.1, 0.15) is 22.0 Å². The van der Waals surface area contributed by atoms with Gasteiger partial charge < -0.3 is 25.7 Å². The Morgan fingerprint density at radius 1 is 1.37 bits per heavy atom. The van der Waals surface area contributed by atoms with E-state index >= 15 is 4.39 Å². The third-order valence-corrected chi connectivity index (χ3v) is 8.21. The third kappa shape index (κ3) is 5.56. The van der Waals surface area contributed by atoms with Gasteiger partial charge in [-0.05, 0) is 18.6 Å². The lowest BCUT2D eigenvalue weighted by atomic mass is 9.98. The van der Waals surface area contributed by atoms with E-state index in [0.717, 1.165) is 12.3 Å². The predicted molar refractivity (Wildman–Crippen MR) is 160 cm³/mol. The molecule has 1 aliphatic rings. The van der Waals surface area contributed by atoms with Crippen molar-refractivity contribution in [2.24, 2.45) is 0 Å². The van der Waals surface area contributed by atoms with Gasteiger partial charge in [0.15, 0.2) is 11.6 Å². The summed E-state index contributed by atoms with van der Waals surface area (Å²) >= 11 is 7.73. The van der Waals surface area contributed by atoms with Crippen LogP contribution in [0.3, 0.4) is 0 Å². The number of nitrogen functional groups attached to an aromatic ring is 1. The zero-order valence-electron chi connectivity index (χ0n) is 22.9. The van der Waals surface area contributed by atoms with Crippen LogP contribution in [-0.2, 0) is 4.79 Å². The van der Waals surface area contributed by atoms with Gasteiger partial charge in [-0.2, -0.15) is 15.2 Å². The van der Waals surface area contributed by atoms with E-state index in [0.29, 0.717) is 10.6 Å². The first-order valence-electron chi connectivity index (χ1n) is 12.9. The van der Waals surface area contributed by atoms with Gasteiger partial charge in [0, 0.05) is 66.5 Å². The van der Waals surface area contributed by atoms with Gasteiger partial charge >= 0.3 is 6.01 Å². The molecule has 1 aliphatic heterocycles. The number of thiazole rings is 1. The van der Waals surface area contributed by atoms with Crippen LogP contribution in [0.2, 0.25) is 5.02 Å². The average molecular weight is 624 g/mol. The van der Waals surface area contributed by atoms with E-state index in [1.54, 1.807) is 23.3 Å². The van der Waals surface area contributed by atoms with Crippen molar-refractivity contribution < 1.29 is 18.3 Å². The molecule has 1 aromatic carbocycles. The van der Waals surface area contributed by atoms with Gasteiger partial charge in [0.05, 0.1) is 36.1 Å². The second-order valence-corrected chi connectivity index (χ2v) is 10.9. The predicted octanol–water partition coefficient (Wildman–Crippen LogP) is 4.78. The number of ether oxygens (including phenoxy) is 1. The summed E-state index contributed by atoms with van der Waals surface area (Å²) < 4.78 is 36.4. The Morgan fingerprint density at radius 2 is 2.16 bits per heavy atom. The van der Waals surface area contributed by atoms with Crippen molar-refractivity contribution in [1.82, 2.24) is 24.8 Å². The molecule has 5 rings (SSSR count). The Kier molecular flexibility index (Phi) is 8.47. The lowest BCUT2D eigenvalue weighted by Crippen LogP contribution is -2.55. The Labute approximate surface area is 253 Å². The average Bonchev–Trinajstić information content (AvgIpc) is 3.51. The Hall–Kier alpha value is -4.74. The maximum atomic E-state index is 16.2. The number of pyridine rings is 1. The lowest BCUT2D eigenvalue weighted by Gasteiger charge is -2.41. The number of nitrogens with one attached hydrogen (secondary N) is 1. The van der Waals surface area contributed by atoms with Crippen molar-refractivity contribution >= 4 is 63.5 Å². The number of anilines is 2. The summed E-state index contributed by atoms with van der Waals surface area (Å²) in [5.41, 5.74) is 7.01. The number of benzene rings is 1. The summed E-state index contributed by atoms with van der Waals surface area (Å²) in [5.74, 6) is -2.41. The minimum atomic E-state index is -0.987. The summed E-state index contributed by atoms with van der Waals surface area (Å²) in [7, 11) is 1.34. The number of carbonyl (C=O) groups excluding carboxylic acids is 1. The largest absolute Gasteiger partial charge is 0.467 e. The van der Waals surface area contributed by atoms with Crippen molar-refractivity contribution in [3.05, 3.63) is 56.6 Å². The molecule has 1 fully saturated rings. The van der Waals surface area contributed by atoms with E-state index in [1.165, 1.54) is 35.7 Å². The van der Waals surface area contributed by atoms with Crippen LogP contribution in [0.15, 0.2) is 29.7 Å². The standard InChI is InChI=1S/C28H24ClF2N9O2S/c1-14-9-19(34)16(11-33)21(22(14)29)25-23(31)24-17(12-36-25)26(38-28(37-24)42-2)39-6-7-40(15(13-39)3-4-32)27(41)18(30)10-20-35-5-8-43-20/h5,8-12,15,33H,3,6-7,13,34H2,1-2H3/b18-10-,33-11?. The second kappa shape index (κ2) is 12.2. The van der Waals surface area contributed by atoms with Gasteiger partial charge in [0.25, 0.3) is 5.91 Å². The van der Waals surface area contributed by atoms with Gasteiger partial charge in [0.2, 0.25) is 0 Å². The highest BCUT2D eigenvalue weighted by Gasteiger charge is 2.34. The van der Waals surface area contributed by atoms with E-state index in [-0.39, 0.29) is 76.3 Å². The van der Waals surface area contributed by atoms with E-state index in [4.69, 9.17) is 27.5 Å². The lowest BCUT2D eigenvalue weighted by molar-refractivity contribution is -0.131. The minimum absolute atomic E-state index is 0.0625. The highest BCUT2D eigenvalue weighted by Crippen LogP contribution is 2.39. The summed E-state index contributed by atoms with van der Waals surface area (Å²) in [5, 5.41) is 19.8. The number of piperazine rings is 1. The first-order chi connectivity index (χ1) is 20.7. The van der Waals surface area contributed by atoms with E-state index in [9.17, 15) is 14.4 Å². The van der Waals surface area contributed by atoms with Crippen LogP contribution in [0.1, 0.15) is 22.6 Å². The number of halogens is 3. The summed E-state index contributed by atoms with van der Waals surface area (Å²) in [4.78, 5) is 33.1. The zero-order valence-corrected chi connectivity index (χ0v) is 24.5. The molecule has 1 atom stereocenters. The molecule has 43 heavy (non-hydrogen) atoms. The number of rotatable bonds is 7. The Bertz CT molecular complexity index is 1810. The molecule has 0 bridgehead atoms. The van der Waals surface area contributed by atoms with Gasteiger partial charge in [-0.1, -0.05) is 11.6 Å². The fraction of sp³-hybridized carbons (Fsp3) is 0.250. The number of nitrogens with two attached hydrogens (primary N) is 1. The molecule has 0 spiro atoms. The SMILES string of the molecule is COc1nc(N2CCN(C(=O)/C(F)=C/c3nccs3)C(CC#N)C2)c2cnc(-c3c(Cl)c(C)cc(N)c3C=N)c(F)c2n1. The molecule has 4 heterocycles. The molecular weight excluding hydrogens is 600 g/mol. The molecule has 0 aliphatic carbocycles. The molecule has 3 aromatic heterocycles. The highest BCUT2D eigenvalue weighted by atomic mass is 35.5. The fourth-order valence-corrected chi connectivity index (χ4v) is 5.76. The number of carbonyl (C=O) groups is 1. The number of fused-ring (bicyclic) bond motifs is 1. The van der Waals surface area contributed by atoms with Crippen molar-refractivity contribution in [1.29, 1.82) is 10.7 Å². The molecule has 4 aromatic rings. The van der Waals surface area contributed by atoms with Crippen LogP contribution >= 0.6 is 22.9 Å². The summed E-state index contributed by atoms with van der Waals surface area (Å²) in [6.45, 7) is 2.06. The number of amides is 1. The smallest absolute Gasteiger partial charge is 0.318 e. The number of nitrogens with zero attached hydrogens (tertiary/aromatic N) is 7. The number of hydrogen-bond donors (Lipinski definition) is 2. The normalized spacial score (nSPS) is 15.4. The van der Waals surface area contributed by atoms with Crippen molar-refractivity contribution in [2.75, 3.05) is 37.4 Å². The van der Waals surface area contributed by atoms with Crippen LogP contribution in [0.5, 0.6) is 6.01 Å². The van der Waals surface area contributed by atoms with Crippen LogP contribution in [0.25, 0.3) is 28.2 Å². The molecule has 0 radical (unpaired) electrons. The molecule has 220 valence electrons. The van der Waals surface area contributed by atoms with E-state index in [2.05, 4.69) is 26.0 Å². The maximum Gasteiger partial charge on any atom is 0.318 e. The van der Waals surface area contributed by atoms with Crippen molar-refractivity contribution in [3.8, 4) is 23.3 Å². The fourth-order valence-electron chi connectivity index (χ4n) is 4.96. The maximum absolute atomic E-state index is 16.2. The van der Waals surface area contributed by atoms with Crippen LogP contribution in [0.4, 0.5) is 20.3 Å². The second-order valence-electron chi connectivity index (χ2n) is 9.57. The number of hydrogen-bond acceptors (Lipinski definition) is 11. The van der Waals surface area contributed by atoms with Gasteiger partial charge in [-0.25, -0.2) is 13.8 Å². The van der Waals surface area contributed by atoms with Crippen LogP contribution in [-0.4, -0.2) is 69.7 Å². The molecule has 3 N–H and O–H groups in total. The first kappa shape index (κ1) is 29.7. The van der Waals surface area contributed by atoms with Crippen LogP contribution < -0.4 is 15.4 Å². The first-order valence-corrected chi connectivity index (χ1v) is 14.1. The molecular formula is C28H24ClF2N9O2S. The zero-order chi connectivity index (χ0) is 30.8. The Morgan fingerprint density at radius 3 is 2.84 bits per heavy atom. The van der Waals surface area contributed by atoms with Crippen molar-refractivity contribution in [2.45, 2.75) is 19.4 Å². The number of aromatic nitrogens is 4. The highest BCUT2D eigenvalue weighted by molar-refractivity contribution is 7.10. The topological polar surface area (TPSA) is 158 Å². The number of aryl methyl sites for hydroxylation is 1. The minimum Gasteiger partial charge on any atom is -0.467 e. The van der Waals surface area contributed by atoms with E-state index in [1.807, 2.05) is 0 Å². The Balaban J connectivity index is 1.55.